The number of carbonyl (C=O) groups is 4. The number of pyridine rings is 4. The lowest BCUT2D eigenvalue weighted by molar-refractivity contribution is -0.126. The predicted molar refractivity (Wildman–Crippen MR) is 521 cm³/mol. The highest BCUT2D eigenvalue weighted by Gasteiger charge is 2.29. The molecule has 0 spiro atoms. The van der Waals surface area contributed by atoms with Crippen molar-refractivity contribution in [2.45, 2.75) is 179 Å². The van der Waals surface area contributed by atoms with Gasteiger partial charge in [-0.2, -0.15) is 20.4 Å². The molecule has 0 fully saturated rings. The van der Waals surface area contributed by atoms with Gasteiger partial charge in [0.05, 0.1) is 67.4 Å². The summed E-state index contributed by atoms with van der Waals surface area (Å²) < 4.78 is 176. The van der Waals surface area contributed by atoms with E-state index in [4.69, 9.17) is 70.8 Å². The highest BCUT2D eigenvalue weighted by molar-refractivity contribution is 6.32. The second-order valence-electron chi connectivity index (χ2n) is 32.8. The zero-order chi connectivity index (χ0) is 105. The number of nitrogens with zero attached hydrogens (tertiary/aromatic N) is 16. The van der Waals surface area contributed by atoms with E-state index in [2.05, 4.69) is 81.5 Å². The summed E-state index contributed by atoms with van der Waals surface area (Å²) in [6.07, 6.45) is -1.45. The van der Waals surface area contributed by atoms with Crippen LogP contribution in [0, 0.1) is 64.8 Å². The maximum Gasteiger partial charge on any atom is 0.254 e. The van der Waals surface area contributed by atoms with Crippen molar-refractivity contribution in [2.75, 3.05) is 0 Å². The van der Waals surface area contributed by atoms with E-state index in [1.165, 1.54) is 59.9 Å². The molecule has 8 aromatic heterocycles. The summed E-state index contributed by atoms with van der Waals surface area (Å²) in [7, 11) is 3.59. The molecule has 8 heterocycles. The van der Waals surface area contributed by atoms with Gasteiger partial charge in [0.1, 0.15) is 138 Å². The van der Waals surface area contributed by atoms with Crippen LogP contribution in [0.3, 0.4) is 0 Å². The summed E-state index contributed by atoms with van der Waals surface area (Å²) in [6, 6.07) is 30.7. The number of alkyl halides is 4. The quantitative estimate of drug-likeness (QED) is 0.0316. The second-order valence-corrected chi connectivity index (χ2v) is 34.4. The molecule has 0 aliphatic heterocycles. The molecule has 1 unspecified atom stereocenters. The molecule has 4 N–H and O–H groups in total. The number of benzene rings is 8. The van der Waals surface area contributed by atoms with Crippen molar-refractivity contribution in [3.05, 3.63) is 293 Å². The molecule has 4 amide bonds. The Bertz CT molecular complexity index is 7080. The number of aromatic nitrogens is 16. The highest BCUT2D eigenvalue weighted by Crippen LogP contribution is 2.41. The summed E-state index contributed by atoms with van der Waals surface area (Å²) in [5.74, 6) is -1.98. The monoisotopic (exact) mass is 2010 g/mol. The first-order valence-corrected chi connectivity index (χ1v) is 45.2. The third-order valence-corrected chi connectivity index (χ3v) is 23.4. The first kappa shape index (κ1) is 98.3. The Kier molecular flexibility index (Phi) is 31.9. The van der Waals surface area contributed by atoms with Crippen molar-refractivity contribution in [3.8, 4) is 57.1 Å². The third kappa shape index (κ3) is 24.9. The average molecular weight is 2020 g/mol. The minimum Gasteiger partial charge on any atom is -0.487 e. The van der Waals surface area contributed by atoms with Crippen LogP contribution < -0.4 is 40.2 Å². The van der Waals surface area contributed by atoms with Gasteiger partial charge in [0.25, 0.3) is 17.7 Å². The van der Waals surface area contributed by atoms with Crippen LogP contribution in [0.1, 0.15) is 170 Å². The summed E-state index contributed by atoms with van der Waals surface area (Å²) in [4.78, 5) is 83.7. The molecule has 0 aliphatic carbocycles. The molecule has 0 saturated carbocycles. The Morgan fingerprint density at radius 1 is 0.369 bits per heavy atom. The van der Waals surface area contributed by atoms with Gasteiger partial charge >= 0.3 is 0 Å². The molecular formula is C101H98Cl4F8N20O8. The Labute approximate surface area is 830 Å². The van der Waals surface area contributed by atoms with Gasteiger partial charge in [-0.25, -0.2) is 93.7 Å². The zero-order valence-electron chi connectivity index (χ0n) is 83.0. The van der Waals surface area contributed by atoms with Gasteiger partial charge in [0.2, 0.25) is 5.91 Å². The lowest BCUT2D eigenvalue weighted by Crippen LogP contribution is -2.33. The SMILES string of the molecule is [2H][C@@](C)(NC(=O)CC(C)F)c1cc(F)cc(Cl)c1COc1cccc2c(-n3ncnc3C)cc(C)nc12.[2H][C@@](C)(NC(=O)[C@@H](C)F)c1cc(F)cc(Cl)c1COc1cccc2c(-c3ncnn3C)cc(C)nc12.[2H][C@@](C)(NC(=O)[C@H](C)F)c1cc(F)cc(Cl)c1COc1cccc2c(-c3ncnn3C)cc(C)nc12.[2H][C@@](C)(NC(=O)[C@H](C)F)c1cc(F)cc(Cl)c1COc1cccc2c(-n3ncnc3C)cc(C)nc12. The van der Waals surface area contributed by atoms with Gasteiger partial charge in [-0.1, -0.05) is 94.9 Å². The number of para-hydroxylation sites is 4. The topological polar surface area (TPSA) is 328 Å². The van der Waals surface area contributed by atoms with E-state index in [1.807, 2.05) is 96.1 Å². The summed E-state index contributed by atoms with van der Waals surface area (Å²) in [5, 5.41) is 29.3. The number of ether oxygens (including phenoxy) is 4. The smallest absolute Gasteiger partial charge is 0.254 e. The third-order valence-electron chi connectivity index (χ3n) is 22.0. The number of rotatable bonds is 29. The fourth-order valence-electron chi connectivity index (χ4n) is 15.3. The fourth-order valence-corrected chi connectivity index (χ4v) is 16.3. The summed E-state index contributed by atoms with van der Waals surface area (Å²) in [5.41, 5.74) is 9.81. The molecular weight excluding hydrogens is 1920 g/mol. The van der Waals surface area contributed by atoms with E-state index < -0.39 is 102 Å². The number of hydrogen-bond acceptors (Lipinski definition) is 20. The second kappa shape index (κ2) is 45.7. The minimum atomic E-state index is -1.87. The number of fused-ring (bicyclic) bond motifs is 4. The molecule has 0 aliphatic rings. The summed E-state index contributed by atoms with van der Waals surface area (Å²) >= 11 is 25.4. The van der Waals surface area contributed by atoms with Crippen molar-refractivity contribution in [2.24, 2.45) is 14.1 Å². The molecule has 0 saturated heterocycles. The maximum atomic E-state index is 14.3. The zero-order valence-corrected chi connectivity index (χ0v) is 82.0. The number of carbonyl (C=O) groups excluding carboxylic acids is 4. The highest BCUT2D eigenvalue weighted by atomic mass is 35.5. The lowest BCUT2D eigenvalue weighted by Gasteiger charge is -2.20. The molecule has 28 nitrogen and oxygen atoms in total. The van der Waals surface area contributed by atoms with Crippen LogP contribution in [0.2, 0.25) is 20.1 Å². The van der Waals surface area contributed by atoms with E-state index >= 15 is 0 Å². The maximum absolute atomic E-state index is 14.3. The van der Waals surface area contributed by atoms with Crippen LogP contribution in [-0.2, 0) is 59.7 Å². The van der Waals surface area contributed by atoms with E-state index in [-0.39, 0.29) is 85.5 Å². The molecule has 8 atom stereocenters. The van der Waals surface area contributed by atoms with Gasteiger partial charge in [0.15, 0.2) is 30.2 Å². The molecule has 0 radical (unpaired) electrons. The standard InChI is InChI=1S/C26H26ClF2N5O2.3C25H24ClF2N5O2/c1-14(28)8-25(35)33-16(3)20-10-18(29)11-22(27)21(20)12-36-24-7-5-6-19-23(9-15(2)32-26(19)24)34-17(4)30-13-31-34;2*1-13-8-19(24-29-12-30-33(24)4)17-6-5-7-22(23(17)31-13)35-11-20-18(9-16(28)10-21(20)26)15(3)32-25(34)14(2)27;1-13-8-22(33-16(4)29-12-30-33)18-6-5-7-23(24(18)31-13)35-11-20-19(9-17(28)10-21(20)26)15(3)32-25(34)14(2)27/h5-7,9-11,13-14,16H,8,12H2,1-4H3,(H,33,35);3*5-10,12,14-15H,11H2,1-4H3,(H,32,34)/t14?,16-;14-,15+;2*14-,15-/m0100/s1/i16D;3*15D. The normalized spacial score (nSPS) is 14.3. The van der Waals surface area contributed by atoms with E-state index in [0.717, 1.165) is 136 Å². The van der Waals surface area contributed by atoms with Gasteiger partial charge in [-0.15, -0.1) is 0 Å². The molecule has 16 rings (SSSR count). The van der Waals surface area contributed by atoms with E-state index in [9.17, 15) is 54.3 Å². The molecule has 8 aromatic carbocycles. The van der Waals surface area contributed by atoms with E-state index in [0.29, 0.717) is 73.9 Å². The van der Waals surface area contributed by atoms with Crippen LogP contribution in [0.25, 0.3) is 77.8 Å². The Hall–Kier alpha value is -14.4. The molecule has 16 aromatic rings. The Morgan fingerprint density at radius 3 is 0.901 bits per heavy atom. The number of halogens is 12. The Morgan fingerprint density at radius 2 is 0.638 bits per heavy atom. The Balaban J connectivity index is 0.000000162. The van der Waals surface area contributed by atoms with Crippen molar-refractivity contribution in [1.29, 1.82) is 0 Å². The number of nitrogens with one attached hydrogen (secondary N) is 4. The number of amides is 4. The summed E-state index contributed by atoms with van der Waals surface area (Å²) in [6.45, 7) is 20.2. The molecule has 0 bridgehead atoms. The molecule has 40 heteroatoms. The van der Waals surface area contributed by atoms with Crippen LogP contribution in [0.5, 0.6) is 23.0 Å². The number of hydrogen-bond donors (Lipinski definition) is 4. The van der Waals surface area contributed by atoms with Crippen LogP contribution in [0.15, 0.2) is 171 Å². The van der Waals surface area contributed by atoms with Gasteiger partial charge in [-0.05, 0) is 216 Å². The minimum absolute atomic E-state index is 0.00864. The largest absolute Gasteiger partial charge is 0.487 e. The van der Waals surface area contributed by atoms with Crippen molar-refractivity contribution in [1.82, 2.24) is 100 Å². The lowest BCUT2D eigenvalue weighted by atomic mass is 10.0. The average Bonchev–Trinajstić information content (AvgIpc) is 1.43. The van der Waals surface area contributed by atoms with Crippen molar-refractivity contribution < 1.29 is 78.7 Å². The molecule has 141 heavy (non-hydrogen) atoms. The van der Waals surface area contributed by atoms with Crippen molar-refractivity contribution >= 4 is 114 Å². The van der Waals surface area contributed by atoms with Crippen LogP contribution in [-0.4, -0.2) is 127 Å². The van der Waals surface area contributed by atoms with E-state index in [1.54, 1.807) is 75.3 Å². The van der Waals surface area contributed by atoms with Crippen LogP contribution >= 0.6 is 46.4 Å². The number of aryl methyl sites for hydroxylation is 8. The molecule has 734 valence electrons. The fraction of sp³-hybridized carbons (Fsp3) is 0.287. The first-order valence-electron chi connectivity index (χ1n) is 45.7. The van der Waals surface area contributed by atoms with Crippen LogP contribution in [0.4, 0.5) is 35.1 Å². The van der Waals surface area contributed by atoms with Gasteiger partial charge in [-0.3, -0.25) is 19.2 Å². The predicted octanol–water partition coefficient (Wildman–Crippen LogP) is 21.6. The first-order chi connectivity index (χ1) is 68.4. The van der Waals surface area contributed by atoms with Crippen molar-refractivity contribution in [3.63, 3.8) is 0 Å². The van der Waals surface area contributed by atoms with Gasteiger partial charge in [0, 0.05) is 91.8 Å². The van der Waals surface area contributed by atoms with Gasteiger partial charge < -0.3 is 40.2 Å².